The second kappa shape index (κ2) is 4.32. The van der Waals surface area contributed by atoms with Crippen molar-refractivity contribution in [1.29, 1.82) is 0 Å². The predicted molar refractivity (Wildman–Crippen MR) is 51.2 cm³/mol. The average Bonchev–Trinajstić information content (AvgIpc) is 2.03. The summed E-state index contributed by atoms with van der Waals surface area (Å²) in [7, 11) is 0. The second-order valence-electron chi connectivity index (χ2n) is 2.26. The minimum atomic E-state index is -2.65. The molecule has 0 aliphatic carbocycles. The summed E-state index contributed by atoms with van der Waals surface area (Å²) in [5.74, 6) is -0.104. The Hall–Kier alpha value is -0.230. The van der Waals surface area contributed by atoms with Crippen LogP contribution in [0.1, 0.15) is 17.8 Å². The summed E-state index contributed by atoms with van der Waals surface area (Å²) in [6.45, 7) is 0. The highest BCUT2D eigenvalue weighted by molar-refractivity contribution is 9.10. The van der Waals surface area contributed by atoms with Gasteiger partial charge in [0.15, 0.2) is 0 Å². The Morgan fingerprint density at radius 1 is 1.54 bits per heavy atom. The number of aromatic hydroxyl groups is 1. The molecule has 1 rings (SSSR count). The molecule has 0 unspecified atom stereocenters. The van der Waals surface area contributed by atoms with Gasteiger partial charge in [-0.2, -0.15) is 0 Å². The van der Waals surface area contributed by atoms with Crippen molar-refractivity contribution in [2.24, 2.45) is 0 Å². The van der Waals surface area contributed by atoms with Crippen molar-refractivity contribution < 1.29 is 13.9 Å². The van der Waals surface area contributed by atoms with E-state index in [1.165, 1.54) is 6.07 Å². The van der Waals surface area contributed by atoms with Gasteiger partial charge < -0.3 is 5.11 Å². The highest BCUT2D eigenvalue weighted by atomic mass is 79.9. The monoisotopic (exact) mass is 315 g/mol. The van der Waals surface area contributed by atoms with Crippen LogP contribution in [0.5, 0.6) is 5.75 Å². The Bertz CT molecular complexity index is 320. The van der Waals surface area contributed by atoms with Gasteiger partial charge in [0.05, 0.1) is 5.69 Å². The molecule has 0 bridgehead atoms. The molecular formula is C7H5Br2F2NO. The third-order valence-corrected chi connectivity index (χ3v) is 2.56. The van der Waals surface area contributed by atoms with Gasteiger partial charge in [0.2, 0.25) is 0 Å². The highest BCUT2D eigenvalue weighted by Gasteiger charge is 2.16. The second-order valence-corrected chi connectivity index (χ2v) is 3.67. The van der Waals surface area contributed by atoms with Crippen LogP contribution in [0.4, 0.5) is 8.78 Å². The quantitative estimate of drug-likeness (QED) is 0.848. The summed E-state index contributed by atoms with van der Waals surface area (Å²) in [5.41, 5.74) is -0.147. The van der Waals surface area contributed by atoms with Crippen molar-refractivity contribution in [2.75, 3.05) is 0 Å². The first kappa shape index (κ1) is 10.8. The molecule has 0 saturated heterocycles. The molecule has 0 aliphatic heterocycles. The molecular weight excluding hydrogens is 312 g/mol. The number of halogens is 4. The maximum atomic E-state index is 12.3. The minimum absolute atomic E-state index is 0.104. The van der Waals surface area contributed by atoms with Crippen LogP contribution < -0.4 is 0 Å². The number of hydrogen-bond acceptors (Lipinski definition) is 2. The van der Waals surface area contributed by atoms with E-state index < -0.39 is 6.43 Å². The van der Waals surface area contributed by atoms with Crippen LogP contribution in [0, 0.1) is 0 Å². The number of aromatic nitrogens is 1. The lowest BCUT2D eigenvalue weighted by Crippen LogP contribution is -1.96. The fourth-order valence-electron chi connectivity index (χ4n) is 0.785. The van der Waals surface area contributed by atoms with Gasteiger partial charge in [0, 0.05) is 9.80 Å². The third kappa shape index (κ3) is 2.37. The van der Waals surface area contributed by atoms with Gasteiger partial charge in [-0.15, -0.1) is 0 Å². The predicted octanol–water partition coefficient (Wildman–Crippen LogP) is 3.38. The molecule has 1 heterocycles. The van der Waals surface area contributed by atoms with E-state index >= 15 is 0 Å². The van der Waals surface area contributed by atoms with Crippen LogP contribution in [0.3, 0.4) is 0 Å². The van der Waals surface area contributed by atoms with Gasteiger partial charge in [0.1, 0.15) is 11.4 Å². The molecule has 0 amide bonds. The molecule has 6 heteroatoms. The number of pyridine rings is 1. The minimum Gasteiger partial charge on any atom is -0.506 e. The van der Waals surface area contributed by atoms with E-state index in [1.54, 1.807) is 0 Å². The SMILES string of the molecule is Oc1cc(Br)c(C(F)F)nc1CBr. The van der Waals surface area contributed by atoms with E-state index in [9.17, 15) is 13.9 Å². The molecule has 2 nitrogen and oxygen atoms in total. The van der Waals surface area contributed by atoms with Gasteiger partial charge in [-0.1, -0.05) is 15.9 Å². The Morgan fingerprint density at radius 2 is 2.15 bits per heavy atom. The fraction of sp³-hybridized carbons (Fsp3) is 0.286. The molecule has 0 aliphatic rings. The maximum Gasteiger partial charge on any atom is 0.281 e. The Morgan fingerprint density at radius 3 is 2.62 bits per heavy atom. The molecule has 0 radical (unpaired) electrons. The fourth-order valence-corrected chi connectivity index (χ4v) is 1.68. The van der Waals surface area contributed by atoms with Crippen LogP contribution in [0.2, 0.25) is 0 Å². The van der Waals surface area contributed by atoms with Crippen LogP contribution in [0.15, 0.2) is 10.5 Å². The van der Waals surface area contributed by atoms with E-state index in [0.29, 0.717) is 0 Å². The molecule has 13 heavy (non-hydrogen) atoms. The van der Waals surface area contributed by atoms with Gasteiger partial charge in [-0.05, 0) is 22.0 Å². The smallest absolute Gasteiger partial charge is 0.281 e. The zero-order chi connectivity index (χ0) is 10.0. The molecule has 72 valence electrons. The summed E-state index contributed by atoms with van der Waals surface area (Å²) in [6.07, 6.45) is -2.65. The standard InChI is InChI=1S/C7H5Br2F2NO/c8-2-4-5(13)1-3(9)6(12-4)7(10)11/h1,7,13H,2H2. The van der Waals surface area contributed by atoms with Crippen molar-refractivity contribution in [3.05, 3.63) is 21.9 Å². The summed E-state index contributed by atoms with van der Waals surface area (Å²) in [6, 6.07) is 1.21. The Balaban J connectivity index is 3.22. The third-order valence-electron chi connectivity index (χ3n) is 1.39. The molecule has 1 aromatic rings. The van der Waals surface area contributed by atoms with E-state index in [2.05, 4.69) is 36.8 Å². The molecule has 1 N–H and O–H groups in total. The van der Waals surface area contributed by atoms with Crippen molar-refractivity contribution in [2.45, 2.75) is 11.8 Å². The summed E-state index contributed by atoms with van der Waals surface area (Å²) in [5, 5.41) is 9.47. The molecule has 0 fully saturated rings. The number of alkyl halides is 3. The van der Waals surface area contributed by atoms with Crippen molar-refractivity contribution in [3.63, 3.8) is 0 Å². The molecule has 0 aromatic carbocycles. The summed E-state index contributed by atoms with van der Waals surface area (Å²) >= 11 is 5.93. The highest BCUT2D eigenvalue weighted by Crippen LogP contribution is 2.30. The molecule has 0 atom stereocenters. The lowest BCUT2D eigenvalue weighted by atomic mass is 10.3. The van der Waals surface area contributed by atoms with Crippen LogP contribution in [-0.4, -0.2) is 10.1 Å². The van der Waals surface area contributed by atoms with Gasteiger partial charge in [-0.3, -0.25) is 0 Å². The lowest BCUT2D eigenvalue weighted by molar-refractivity contribution is 0.144. The van der Waals surface area contributed by atoms with Gasteiger partial charge >= 0.3 is 0 Å². The first-order valence-electron chi connectivity index (χ1n) is 3.28. The normalized spacial score (nSPS) is 10.8. The van der Waals surface area contributed by atoms with E-state index in [-0.39, 0.29) is 26.9 Å². The zero-order valence-electron chi connectivity index (χ0n) is 6.27. The summed E-state index contributed by atoms with van der Waals surface area (Å²) < 4.78 is 24.7. The molecule has 0 spiro atoms. The maximum absolute atomic E-state index is 12.3. The van der Waals surface area contributed by atoms with Crippen molar-refractivity contribution in [3.8, 4) is 5.75 Å². The number of hydrogen-bond donors (Lipinski definition) is 1. The van der Waals surface area contributed by atoms with E-state index in [4.69, 9.17) is 0 Å². The van der Waals surface area contributed by atoms with E-state index in [1.807, 2.05) is 0 Å². The average molecular weight is 317 g/mol. The lowest BCUT2D eigenvalue weighted by Gasteiger charge is -2.06. The number of nitrogens with zero attached hydrogens (tertiary/aromatic N) is 1. The first-order chi connectivity index (χ1) is 6.06. The molecule has 1 aromatic heterocycles. The van der Waals surface area contributed by atoms with E-state index in [0.717, 1.165) is 0 Å². The number of rotatable bonds is 2. The van der Waals surface area contributed by atoms with Crippen LogP contribution >= 0.6 is 31.9 Å². The zero-order valence-corrected chi connectivity index (χ0v) is 9.44. The van der Waals surface area contributed by atoms with Gasteiger partial charge in [0.25, 0.3) is 6.43 Å². The first-order valence-corrected chi connectivity index (χ1v) is 5.20. The van der Waals surface area contributed by atoms with Crippen molar-refractivity contribution >= 4 is 31.9 Å². The molecule has 0 saturated carbocycles. The summed E-state index contributed by atoms with van der Waals surface area (Å²) in [4.78, 5) is 3.60. The van der Waals surface area contributed by atoms with Crippen molar-refractivity contribution in [1.82, 2.24) is 4.98 Å². The van der Waals surface area contributed by atoms with Gasteiger partial charge in [-0.25, -0.2) is 13.8 Å². The topological polar surface area (TPSA) is 33.1 Å². The van der Waals surface area contributed by atoms with Crippen LogP contribution in [0.25, 0.3) is 0 Å². The van der Waals surface area contributed by atoms with Crippen LogP contribution in [-0.2, 0) is 5.33 Å². The Kier molecular flexibility index (Phi) is 3.61. The Labute approximate surface area is 90.2 Å². The largest absolute Gasteiger partial charge is 0.506 e.